The molecule has 0 unspecified atom stereocenters. The van der Waals surface area contributed by atoms with Crippen LogP contribution in [0, 0.1) is 0 Å². The van der Waals surface area contributed by atoms with E-state index < -0.39 is 0 Å². The highest BCUT2D eigenvalue weighted by Crippen LogP contribution is 2.24. The van der Waals surface area contributed by atoms with Crippen molar-refractivity contribution in [2.24, 2.45) is 0 Å². The number of hydrogen-bond donors (Lipinski definition) is 1. The molecule has 0 fully saturated rings. The molecular weight excluding hydrogens is 361 g/mol. The zero-order chi connectivity index (χ0) is 15.9. The fraction of sp³-hybridized carbons (Fsp3) is 0.188. The van der Waals surface area contributed by atoms with Gasteiger partial charge in [-0.1, -0.05) is 53.0 Å². The molecule has 0 saturated heterocycles. The van der Waals surface area contributed by atoms with E-state index in [0.717, 1.165) is 11.1 Å². The van der Waals surface area contributed by atoms with Crippen LogP contribution in [0.2, 0.25) is 15.1 Å². The SMILES string of the molecule is O=C(CSCc1ccc(Cl)c(Cl)c1)NCc1ccc(Cl)cc1. The highest BCUT2D eigenvalue weighted by Gasteiger charge is 2.04. The highest BCUT2D eigenvalue weighted by atomic mass is 35.5. The third-order valence-corrected chi connectivity index (χ3v) is 4.88. The molecule has 22 heavy (non-hydrogen) atoms. The summed E-state index contributed by atoms with van der Waals surface area (Å²) in [5.74, 6) is 1.11. The summed E-state index contributed by atoms with van der Waals surface area (Å²) in [5.41, 5.74) is 2.07. The van der Waals surface area contributed by atoms with Crippen molar-refractivity contribution in [1.29, 1.82) is 0 Å². The summed E-state index contributed by atoms with van der Waals surface area (Å²) < 4.78 is 0. The summed E-state index contributed by atoms with van der Waals surface area (Å²) in [6.45, 7) is 0.503. The summed E-state index contributed by atoms with van der Waals surface area (Å²) in [7, 11) is 0. The molecule has 0 atom stereocenters. The van der Waals surface area contributed by atoms with E-state index in [9.17, 15) is 4.79 Å². The van der Waals surface area contributed by atoms with Gasteiger partial charge in [-0.3, -0.25) is 4.79 Å². The maximum Gasteiger partial charge on any atom is 0.230 e. The molecule has 0 heterocycles. The molecule has 0 saturated carbocycles. The van der Waals surface area contributed by atoms with Gasteiger partial charge in [0.05, 0.1) is 15.8 Å². The Kier molecular flexibility index (Phi) is 6.90. The average Bonchev–Trinajstić information content (AvgIpc) is 2.50. The lowest BCUT2D eigenvalue weighted by atomic mass is 10.2. The lowest BCUT2D eigenvalue weighted by Gasteiger charge is -2.06. The van der Waals surface area contributed by atoms with Crippen molar-refractivity contribution >= 4 is 52.5 Å². The summed E-state index contributed by atoms with van der Waals surface area (Å²) in [5, 5.41) is 4.63. The number of halogens is 3. The van der Waals surface area contributed by atoms with Crippen LogP contribution in [-0.4, -0.2) is 11.7 Å². The Bertz CT molecular complexity index is 646. The molecule has 1 amide bonds. The van der Waals surface area contributed by atoms with E-state index in [0.29, 0.717) is 33.1 Å². The summed E-state index contributed by atoms with van der Waals surface area (Å²) in [4.78, 5) is 11.8. The number of thioether (sulfide) groups is 1. The predicted octanol–water partition coefficient (Wildman–Crippen LogP) is 5.20. The number of carbonyl (C=O) groups is 1. The highest BCUT2D eigenvalue weighted by molar-refractivity contribution is 7.99. The second-order valence-corrected chi connectivity index (χ2v) is 6.88. The quantitative estimate of drug-likeness (QED) is 0.753. The lowest BCUT2D eigenvalue weighted by Crippen LogP contribution is -2.24. The molecule has 0 aliphatic heterocycles. The Morgan fingerprint density at radius 2 is 1.64 bits per heavy atom. The van der Waals surface area contributed by atoms with E-state index in [2.05, 4.69) is 5.32 Å². The molecular formula is C16H14Cl3NOS. The molecule has 1 N–H and O–H groups in total. The van der Waals surface area contributed by atoms with E-state index in [1.807, 2.05) is 36.4 Å². The molecule has 2 aromatic rings. The van der Waals surface area contributed by atoms with Gasteiger partial charge in [0.1, 0.15) is 0 Å². The molecule has 0 aliphatic rings. The van der Waals surface area contributed by atoms with Crippen molar-refractivity contribution in [2.45, 2.75) is 12.3 Å². The molecule has 6 heteroatoms. The minimum absolute atomic E-state index is 0.00000969. The molecule has 0 bridgehead atoms. The maximum absolute atomic E-state index is 11.8. The van der Waals surface area contributed by atoms with Crippen LogP contribution in [-0.2, 0) is 17.1 Å². The van der Waals surface area contributed by atoms with E-state index in [1.54, 1.807) is 6.07 Å². The fourth-order valence-electron chi connectivity index (χ4n) is 1.74. The van der Waals surface area contributed by atoms with Crippen LogP contribution in [0.15, 0.2) is 42.5 Å². The van der Waals surface area contributed by atoms with Crippen molar-refractivity contribution < 1.29 is 4.79 Å². The van der Waals surface area contributed by atoms with Crippen LogP contribution >= 0.6 is 46.6 Å². The van der Waals surface area contributed by atoms with Crippen LogP contribution < -0.4 is 5.32 Å². The molecule has 2 aromatic carbocycles. The van der Waals surface area contributed by atoms with Crippen molar-refractivity contribution in [3.63, 3.8) is 0 Å². The first kappa shape index (κ1) is 17.5. The van der Waals surface area contributed by atoms with Gasteiger partial charge in [-0.05, 0) is 35.4 Å². The first-order valence-corrected chi connectivity index (χ1v) is 8.86. The summed E-state index contributed by atoms with van der Waals surface area (Å²) in [6.07, 6.45) is 0. The third-order valence-electron chi connectivity index (χ3n) is 2.89. The van der Waals surface area contributed by atoms with Gasteiger partial charge in [-0.15, -0.1) is 11.8 Å². The van der Waals surface area contributed by atoms with Gasteiger partial charge >= 0.3 is 0 Å². The number of benzene rings is 2. The number of carbonyl (C=O) groups excluding carboxylic acids is 1. The van der Waals surface area contributed by atoms with E-state index in [-0.39, 0.29) is 5.91 Å². The zero-order valence-corrected chi connectivity index (χ0v) is 14.7. The Morgan fingerprint density at radius 3 is 2.32 bits per heavy atom. The van der Waals surface area contributed by atoms with E-state index in [4.69, 9.17) is 34.8 Å². The summed E-state index contributed by atoms with van der Waals surface area (Å²) in [6, 6.07) is 12.9. The Balaban J connectivity index is 1.71. The first-order chi connectivity index (χ1) is 10.5. The number of rotatable bonds is 6. The van der Waals surface area contributed by atoms with Crippen molar-refractivity contribution in [3.8, 4) is 0 Å². The van der Waals surface area contributed by atoms with Crippen molar-refractivity contribution in [1.82, 2.24) is 5.32 Å². The second-order valence-electron chi connectivity index (χ2n) is 4.64. The van der Waals surface area contributed by atoms with Gasteiger partial charge in [-0.25, -0.2) is 0 Å². The molecule has 0 radical (unpaired) electrons. The van der Waals surface area contributed by atoms with Gasteiger partial charge in [0, 0.05) is 17.3 Å². The molecule has 0 aliphatic carbocycles. The molecule has 116 valence electrons. The smallest absolute Gasteiger partial charge is 0.230 e. The molecule has 2 nitrogen and oxygen atoms in total. The van der Waals surface area contributed by atoms with Gasteiger partial charge < -0.3 is 5.32 Å². The van der Waals surface area contributed by atoms with Gasteiger partial charge in [0.2, 0.25) is 5.91 Å². The van der Waals surface area contributed by atoms with Crippen LogP contribution in [0.3, 0.4) is 0 Å². The second kappa shape index (κ2) is 8.68. The Labute approximate surface area is 149 Å². The summed E-state index contributed by atoms with van der Waals surface area (Å²) >= 11 is 19.2. The molecule has 2 rings (SSSR count). The normalized spacial score (nSPS) is 10.5. The monoisotopic (exact) mass is 373 g/mol. The first-order valence-electron chi connectivity index (χ1n) is 6.57. The maximum atomic E-state index is 11.8. The van der Waals surface area contributed by atoms with E-state index >= 15 is 0 Å². The Hall–Kier alpha value is -0.870. The number of nitrogens with one attached hydrogen (secondary N) is 1. The molecule has 0 spiro atoms. The van der Waals surface area contributed by atoms with E-state index in [1.165, 1.54) is 11.8 Å². The largest absolute Gasteiger partial charge is 0.351 e. The number of amides is 1. The molecule has 0 aromatic heterocycles. The fourth-order valence-corrected chi connectivity index (χ4v) is 3.00. The predicted molar refractivity (Wildman–Crippen MR) is 95.9 cm³/mol. The third kappa shape index (κ3) is 5.73. The van der Waals surface area contributed by atoms with Crippen LogP contribution in [0.25, 0.3) is 0 Å². The minimum atomic E-state index is 0.00000969. The van der Waals surface area contributed by atoms with Crippen LogP contribution in [0.5, 0.6) is 0 Å². The standard InChI is InChI=1S/C16H14Cl3NOS/c17-13-4-1-11(2-5-13)8-20-16(21)10-22-9-12-3-6-14(18)15(19)7-12/h1-7H,8-10H2,(H,20,21). The number of hydrogen-bond acceptors (Lipinski definition) is 2. The van der Waals surface area contributed by atoms with Gasteiger partial charge in [0.25, 0.3) is 0 Å². The van der Waals surface area contributed by atoms with Gasteiger partial charge in [0.15, 0.2) is 0 Å². The average molecular weight is 375 g/mol. The van der Waals surface area contributed by atoms with Crippen molar-refractivity contribution in [3.05, 3.63) is 68.7 Å². The van der Waals surface area contributed by atoms with Crippen molar-refractivity contribution in [2.75, 3.05) is 5.75 Å². The van der Waals surface area contributed by atoms with Crippen LogP contribution in [0.4, 0.5) is 0 Å². The minimum Gasteiger partial charge on any atom is -0.351 e. The van der Waals surface area contributed by atoms with Gasteiger partial charge in [-0.2, -0.15) is 0 Å². The van der Waals surface area contributed by atoms with Crippen LogP contribution in [0.1, 0.15) is 11.1 Å². The topological polar surface area (TPSA) is 29.1 Å². The lowest BCUT2D eigenvalue weighted by molar-refractivity contribution is -0.118. The zero-order valence-electron chi connectivity index (χ0n) is 11.6. The Morgan fingerprint density at radius 1 is 0.955 bits per heavy atom.